The largest absolute Gasteiger partial charge is 0.391 e. The number of imidazole rings is 1. The van der Waals surface area contributed by atoms with Crippen LogP contribution in [-0.4, -0.2) is 9.55 Å². The second-order valence-electron chi connectivity index (χ2n) is 4.42. The summed E-state index contributed by atoms with van der Waals surface area (Å²) in [5, 5.41) is 1.52. The lowest BCUT2D eigenvalue weighted by Crippen LogP contribution is -1.98. The fourth-order valence-corrected chi connectivity index (χ4v) is 3.15. The highest BCUT2D eigenvalue weighted by Crippen LogP contribution is 2.32. The van der Waals surface area contributed by atoms with Gasteiger partial charge in [0.15, 0.2) is 5.82 Å². The van der Waals surface area contributed by atoms with Gasteiger partial charge in [-0.15, -0.1) is 11.3 Å². The number of nitrogens with zero attached hydrogens (tertiary/aromatic N) is 2. The Labute approximate surface area is 120 Å². The number of aryl methyl sites for hydroxylation is 1. The molecule has 0 aliphatic heterocycles. The minimum atomic E-state index is 0.714. The van der Waals surface area contributed by atoms with E-state index in [4.69, 9.17) is 22.3 Å². The van der Waals surface area contributed by atoms with E-state index in [2.05, 4.69) is 11.5 Å². The molecule has 0 bridgehead atoms. The molecule has 3 nitrogen and oxygen atoms in total. The number of nitrogen functional groups attached to an aromatic ring is 1. The van der Waals surface area contributed by atoms with Gasteiger partial charge >= 0.3 is 0 Å². The second kappa shape index (κ2) is 4.87. The molecule has 0 unspecified atom stereocenters. The first-order valence-corrected chi connectivity index (χ1v) is 7.40. The van der Waals surface area contributed by atoms with Crippen LogP contribution in [0.4, 0.5) is 5.00 Å². The van der Waals surface area contributed by atoms with Crippen LogP contribution < -0.4 is 5.73 Å². The molecule has 0 fully saturated rings. The maximum atomic E-state index is 6.04. The summed E-state index contributed by atoms with van der Waals surface area (Å²) in [6.45, 7) is 3.10. The lowest BCUT2D eigenvalue weighted by atomic mass is 10.3. The van der Waals surface area contributed by atoms with Gasteiger partial charge < -0.3 is 10.3 Å². The lowest BCUT2D eigenvalue weighted by molar-refractivity contribution is 0.705. The van der Waals surface area contributed by atoms with Crippen molar-refractivity contribution < 1.29 is 0 Å². The fraction of sp³-hybridized carbons (Fsp3) is 0.214. The molecule has 0 aliphatic rings. The Morgan fingerprint density at radius 3 is 2.84 bits per heavy atom. The van der Waals surface area contributed by atoms with Crippen molar-refractivity contribution in [1.29, 1.82) is 0 Å². The summed E-state index contributed by atoms with van der Waals surface area (Å²) >= 11 is 7.60. The number of thiophene rings is 1. The minimum Gasteiger partial charge on any atom is -0.391 e. The van der Waals surface area contributed by atoms with Gasteiger partial charge in [-0.2, -0.15) is 0 Å². The molecule has 1 aromatic carbocycles. The van der Waals surface area contributed by atoms with Crippen molar-refractivity contribution in [2.45, 2.75) is 19.9 Å². The van der Waals surface area contributed by atoms with Crippen LogP contribution in [0.2, 0.25) is 5.02 Å². The van der Waals surface area contributed by atoms with Crippen molar-refractivity contribution in [2.24, 2.45) is 0 Å². The number of aromatic nitrogens is 2. The molecule has 2 heterocycles. The van der Waals surface area contributed by atoms with Crippen molar-refractivity contribution in [1.82, 2.24) is 9.55 Å². The van der Waals surface area contributed by atoms with E-state index in [1.807, 2.05) is 30.3 Å². The Balaban J connectivity index is 2.25. The molecule has 2 N–H and O–H groups in total. The van der Waals surface area contributed by atoms with Crippen LogP contribution in [-0.2, 0) is 6.54 Å². The third kappa shape index (κ3) is 2.22. The van der Waals surface area contributed by atoms with Crippen LogP contribution in [0.15, 0.2) is 30.3 Å². The molecular formula is C14H14ClN3S. The van der Waals surface area contributed by atoms with Gasteiger partial charge in [-0.05, 0) is 36.8 Å². The van der Waals surface area contributed by atoms with Crippen molar-refractivity contribution in [3.05, 3.63) is 35.4 Å². The molecule has 3 aromatic rings. The summed E-state index contributed by atoms with van der Waals surface area (Å²) < 4.78 is 2.23. The molecule has 5 heteroatoms. The fourth-order valence-electron chi connectivity index (χ4n) is 2.21. The number of hydrogen-bond donors (Lipinski definition) is 1. The Morgan fingerprint density at radius 1 is 1.32 bits per heavy atom. The van der Waals surface area contributed by atoms with E-state index in [0.717, 1.165) is 39.7 Å². The molecule has 98 valence electrons. The van der Waals surface area contributed by atoms with Crippen LogP contribution in [0.5, 0.6) is 0 Å². The van der Waals surface area contributed by atoms with Gasteiger partial charge in [0.05, 0.1) is 20.9 Å². The van der Waals surface area contributed by atoms with Crippen molar-refractivity contribution in [3.8, 4) is 10.7 Å². The zero-order chi connectivity index (χ0) is 13.4. The van der Waals surface area contributed by atoms with Gasteiger partial charge in [0.25, 0.3) is 0 Å². The first kappa shape index (κ1) is 12.5. The Morgan fingerprint density at radius 2 is 2.16 bits per heavy atom. The standard InChI is InChI=1S/C14H14ClN3S/c1-2-7-18-11-4-3-9(15)8-10(11)17-14(18)12-5-6-13(16)19-12/h3-6,8H,2,7,16H2,1H3. The summed E-state index contributed by atoms with van der Waals surface area (Å²) in [5.41, 5.74) is 7.87. The highest BCUT2D eigenvalue weighted by atomic mass is 35.5. The average Bonchev–Trinajstić information content (AvgIpc) is 2.94. The monoisotopic (exact) mass is 291 g/mol. The molecule has 2 aromatic heterocycles. The minimum absolute atomic E-state index is 0.714. The van der Waals surface area contributed by atoms with Gasteiger partial charge in [0.2, 0.25) is 0 Å². The molecule has 3 rings (SSSR count). The predicted molar refractivity (Wildman–Crippen MR) is 82.8 cm³/mol. The molecule has 0 saturated carbocycles. The molecule has 0 radical (unpaired) electrons. The van der Waals surface area contributed by atoms with Crippen molar-refractivity contribution in [3.63, 3.8) is 0 Å². The topological polar surface area (TPSA) is 43.8 Å². The second-order valence-corrected chi connectivity index (χ2v) is 5.97. The third-order valence-corrected chi connectivity index (χ3v) is 4.15. The normalized spacial score (nSPS) is 11.3. The zero-order valence-corrected chi connectivity index (χ0v) is 12.1. The molecule has 19 heavy (non-hydrogen) atoms. The predicted octanol–water partition coefficient (Wildman–Crippen LogP) is 4.41. The molecule has 0 spiro atoms. The SMILES string of the molecule is CCCn1c(-c2ccc(N)s2)nc2cc(Cl)ccc21. The highest BCUT2D eigenvalue weighted by Gasteiger charge is 2.13. The van der Waals surface area contributed by atoms with Gasteiger partial charge in [-0.25, -0.2) is 4.98 Å². The summed E-state index contributed by atoms with van der Waals surface area (Å²) in [4.78, 5) is 5.80. The average molecular weight is 292 g/mol. The summed E-state index contributed by atoms with van der Waals surface area (Å²) in [7, 11) is 0. The van der Waals surface area contributed by atoms with Crippen molar-refractivity contribution >= 4 is 39.0 Å². The number of hydrogen-bond acceptors (Lipinski definition) is 3. The highest BCUT2D eigenvalue weighted by molar-refractivity contribution is 7.19. The quantitative estimate of drug-likeness (QED) is 0.777. The van der Waals surface area contributed by atoms with Crippen LogP contribution in [0, 0.1) is 0 Å². The molecular weight excluding hydrogens is 278 g/mol. The smallest absolute Gasteiger partial charge is 0.151 e. The van der Waals surface area contributed by atoms with Crippen LogP contribution in [0.25, 0.3) is 21.7 Å². The Kier molecular flexibility index (Phi) is 3.21. The number of benzene rings is 1. The molecule has 0 aliphatic carbocycles. The first-order chi connectivity index (χ1) is 9.19. The van der Waals surface area contributed by atoms with E-state index in [0.29, 0.717) is 5.02 Å². The number of nitrogens with two attached hydrogens (primary N) is 1. The molecule has 0 atom stereocenters. The van der Waals surface area contributed by atoms with E-state index in [1.54, 1.807) is 11.3 Å². The Bertz CT molecular complexity index is 729. The number of rotatable bonds is 3. The number of fused-ring (bicyclic) bond motifs is 1. The summed E-state index contributed by atoms with van der Waals surface area (Å²) in [5.74, 6) is 0.973. The third-order valence-electron chi connectivity index (χ3n) is 3.00. The van der Waals surface area contributed by atoms with Gasteiger partial charge in [-0.1, -0.05) is 18.5 Å². The number of anilines is 1. The maximum absolute atomic E-state index is 6.04. The van der Waals surface area contributed by atoms with Crippen molar-refractivity contribution in [2.75, 3.05) is 5.73 Å². The first-order valence-electron chi connectivity index (χ1n) is 6.20. The van der Waals surface area contributed by atoms with E-state index < -0.39 is 0 Å². The van der Waals surface area contributed by atoms with Gasteiger partial charge in [0.1, 0.15) is 0 Å². The molecule has 0 saturated heterocycles. The van der Waals surface area contributed by atoms with E-state index in [9.17, 15) is 0 Å². The zero-order valence-electron chi connectivity index (χ0n) is 10.6. The van der Waals surface area contributed by atoms with E-state index >= 15 is 0 Å². The number of halogens is 1. The van der Waals surface area contributed by atoms with Crippen LogP contribution in [0.3, 0.4) is 0 Å². The van der Waals surface area contributed by atoms with E-state index in [-0.39, 0.29) is 0 Å². The molecule has 0 amide bonds. The Hall–Kier alpha value is -1.52. The van der Waals surface area contributed by atoms with E-state index in [1.165, 1.54) is 0 Å². The summed E-state index contributed by atoms with van der Waals surface area (Å²) in [6, 6.07) is 9.78. The van der Waals surface area contributed by atoms with Gasteiger partial charge in [0, 0.05) is 11.6 Å². The van der Waals surface area contributed by atoms with Gasteiger partial charge in [-0.3, -0.25) is 0 Å². The van der Waals surface area contributed by atoms with Crippen LogP contribution >= 0.6 is 22.9 Å². The maximum Gasteiger partial charge on any atom is 0.151 e. The lowest BCUT2D eigenvalue weighted by Gasteiger charge is -2.05. The van der Waals surface area contributed by atoms with Crippen LogP contribution in [0.1, 0.15) is 13.3 Å². The summed E-state index contributed by atoms with van der Waals surface area (Å²) in [6.07, 6.45) is 1.06.